The molecule has 0 N–H and O–H groups in total. The Balaban J connectivity index is 1.91. The molecular weight excluding hydrogens is 310 g/mol. The van der Waals surface area contributed by atoms with Crippen LogP contribution in [0.3, 0.4) is 0 Å². The van der Waals surface area contributed by atoms with Crippen LogP contribution in [-0.2, 0) is 6.42 Å². The van der Waals surface area contributed by atoms with Crippen molar-refractivity contribution in [1.29, 1.82) is 0 Å². The molecule has 0 spiro atoms. The summed E-state index contributed by atoms with van der Waals surface area (Å²) >= 11 is 1.66. The number of fused-ring (bicyclic) bond motifs is 1. The summed E-state index contributed by atoms with van der Waals surface area (Å²) in [7, 11) is 3.32. The first-order chi connectivity index (χ1) is 11.0. The van der Waals surface area contributed by atoms with Crippen molar-refractivity contribution in [2.45, 2.75) is 23.1 Å². The summed E-state index contributed by atoms with van der Waals surface area (Å²) in [5.74, 6) is 1.18. The van der Waals surface area contributed by atoms with E-state index in [1.165, 1.54) is 10.5 Å². The van der Waals surface area contributed by atoms with Crippen molar-refractivity contribution < 1.29 is 14.3 Å². The molecule has 0 fully saturated rings. The van der Waals surface area contributed by atoms with Crippen molar-refractivity contribution in [2.75, 3.05) is 20.7 Å². The first-order valence-corrected chi connectivity index (χ1v) is 8.28. The molecule has 0 unspecified atom stereocenters. The van der Waals surface area contributed by atoms with Gasteiger partial charge in [-0.15, -0.1) is 0 Å². The molecule has 0 saturated heterocycles. The largest absolute Gasteiger partial charge is 0.489 e. The lowest BCUT2D eigenvalue weighted by Gasteiger charge is -2.14. The van der Waals surface area contributed by atoms with E-state index in [-0.39, 0.29) is 0 Å². The van der Waals surface area contributed by atoms with Gasteiger partial charge in [0, 0.05) is 35.9 Å². The molecule has 3 rings (SSSR count). The highest BCUT2D eigenvalue weighted by Gasteiger charge is 2.22. The van der Waals surface area contributed by atoms with Crippen LogP contribution in [0.5, 0.6) is 11.5 Å². The third kappa shape index (κ3) is 3.62. The number of benzene rings is 2. The van der Waals surface area contributed by atoms with Crippen LogP contribution in [0.4, 0.5) is 4.79 Å². The standard InChI is InChI=1S/C18H19NO3S/c1-12-5-4-6-14(9-12)23-15-10-13-7-8-21-17(13)16(11-15)22-18(20)19(2)3/h4-6,9-11H,7-8H2,1-3H3. The topological polar surface area (TPSA) is 38.8 Å². The fourth-order valence-electron chi connectivity index (χ4n) is 2.38. The number of amides is 1. The van der Waals surface area contributed by atoms with E-state index in [1.807, 2.05) is 12.1 Å². The lowest BCUT2D eigenvalue weighted by Crippen LogP contribution is -2.25. The molecule has 1 aliphatic heterocycles. The molecule has 0 aromatic heterocycles. The molecule has 2 aromatic carbocycles. The monoisotopic (exact) mass is 329 g/mol. The number of carbonyl (C=O) groups excluding carboxylic acids is 1. The van der Waals surface area contributed by atoms with Gasteiger partial charge in [-0.3, -0.25) is 0 Å². The van der Waals surface area contributed by atoms with Crippen molar-refractivity contribution in [1.82, 2.24) is 4.90 Å². The van der Waals surface area contributed by atoms with Gasteiger partial charge in [0.1, 0.15) is 0 Å². The fraction of sp³-hybridized carbons (Fsp3) is 0.278. The Labute approximate surface area is 140 Å². The van der Waals surface area contributed by atoms with E-state index in [1.54, 1.807) is 25.9 Å². The van der Waals surface area contributed by atoms with Crippen LogP contribution in [-0.4, -0.2) is 31.7 Å². The average molecular weight is 329 g/mol. The van der Waals surface area contributed by atoms with Gasteiger partial charge >= 0.3 is 6.09 Å². The Bertz CT molecular complexity index is 743. The lowest BCUT2D eigenvalue weighted by molar-refractivity contribution is 0.169. The maximum absolute atomic E-state index is 11.9. The normalized spacial score (nSPS) is 12.5. The minimum atomic E-state index is -0.402. The molecule has 0 aliphatic carbocycles. The molecular formula is C18H19NO3S. The molecule has 4 nitrogen and oxygen atoms in total. The SMILES string of the molecule is Cc1cccc(Sc2cc3c(c(OC(=O)N(C)C)c2)OCC3)c1. The van der Waals surface area contributed by atoms with Crippen LogP contribution in [0, 0.1) is 6.92 Å². The van der Waals surface area contributed by atoms with Gasteiger partial charge < -0.3 is 14.4 Å². The van der Waals surface area contributed by atoms with Crippen LogP contribution in [0.25, 0.3) is 0 Å². The predicted molar refractivity (Wildman–Crippen MR) is 90.7 cm³/mol. The zero-order chi connectivity index (χ0) is 16.4. The summed E-state index contributed by atoms with van der Waals surface area (Å²) in [6.45, 7) is 2.70. The molecule has 23 heavy (non-hydrogen) atoms. The Morgan fingerprint density at radius 1 is 1.22 bits per heavy atom. The highest BCUT2D eigenvalue weighted by Crippen LogP contribution is 2.41. The van der Waals surface area contributed by atoms with E-state index in [9.17, 15) is 4.79 Å². The van der Waals surface area contributed by atoms with Crippen LogP contribution in [0.2, 0.25) is 0 Å². The van der Waals surface area contributed by atoms with Gasteiger partial charge in [-0.05, 0) is 31.2 Å². The molecule has 120 valence electrons. The first-order valence-electron chi connectivity index (χ1n) is 7.46. The summed E-state index contributed by atoms with van der Waals surface area (Å²) in [6, 6.07) is 12.3. The third-order valence-electron chi connectivity index (χ3n) is 3.51. The molecule has 1 amide bonds. The highest BCUT2D eigenvalue weighted by atomic mass is 32.2. The molecule has 0 atom stereocenters. The quantitative estimate of drug-likeness (QED) is 0.848. The second-order valence-electron chi connectivity index (χ2n) is 5.69. The molecule has 0 saturated carbocycles. The smallest absolute Gasteiger partial charge is 0.414 e. The van der Waals surface area contributed by atoms with E-state index in [2.05, 4.69) is 31.2 Å². The van der Waals surface area contributed by atoms with Gasteiger partial charge in [0.25, 0.3) is 0 Å². The van der Waals surface area contributed by atoms with Gasteiger partial charge in [-0.2, -0.15) is 0 Å². The number of rotatable bonds is 3. The zero-order valence-corrected chi connectivity index (χ0v) is 14.3. The Kier molecular flexibility index (Phi) is 4.48. The number of aryl methyl sites for hydroxylation is 1. The minimum Gasteiger partial charge on any atom is -0.489 e. The number of hydrogen-bond donors (Lipinski definition) is 0. The number of ether oxygens (including phenoxy) is 2. The Hall–Kier alpha value is -2.14. The maximum Gasteiger partial charge on any atom is 0.414 e. The number of hydrogen-bond acceptors (Lipinski definition) is 4. The minimum absolute atomic E-state index is 0.402. The van der Waals surface area contributed by atoms with Crippen LogP contribution in [0.1, 0.15) is 11.1 Å². The highest BCUT2D eigenvalue weighted by molar-refractivity contribution is 7.99. The second kappa shape index (κ2) is 6.54. The van der Waals surface area contributed by atoms with Crippen LogP contribution in [0.15, 0.2) is 46.2 Å². The summed E-state index contributed by atoms with van der Waals surface area (Å²) < 4.78 is 11.1. The Morgan fingerprint density at radius 3 is 2.78 bits per heavy atom. The van der Waals surface area contributed by atoms with Gasteiger partial charge in [0.15, 0.2) is 11.5 Å². The fourth-order valence-corrected chi connectivity index (χ4v) is 3.41. The van der Waals surface area contributed by atoms with E-state index in [0.29, 0.717) is 18.1 Å². The zero-order valence-electron chi connectivity index (χ0n) is 13.5. The molecule has 0 bridgehead atoms. The third-order valence-corrected chi connectivity index (χ3v) is 4.47. The summed E-state index contributed by atoms with van der Waals surface area (Å²) in [4.78, 5) is 15.5. The Morgan fingerprint density at radius 2 is 2.04 bits per heavy atom. The lowest BCUT2D eigenvalue weighted by atomic mass is 10.1. The van der Waals surface area contributed by atoms with Crippen LogP contribution < -0.4 is 9.47 Å². The molecule has 2 aromatic rings. The summed E-state index contributed by atoms with van der Waals surface area (Å²) in [5.41, 5.74) is 2.31. The van der Waals surface area contributed by atoms with Crippen molar-refractivity contribution in [3.05, 3.63) is 47.5 Å². The molecule has 1 heterocycles. The van der Waals surface area contributed by atoms with Crippen molar-refractivity contribution in [3.8, 4) is 11.5 Å². The van der Waals surface area contributed by atoms with E-state index in [4.69, 9.17) is 9.47 Å². The molecule has 5 heteroatoms. The second-order valence-corrected chi connectivity index (χ2v) is 6.84. The predicted octanol–water partition coefficient (Wildman–Crippen LogP) is 4.14. The number of carbonyl (C=O) groups is 1. The van der Waals surface area contributed by atoms with Gasteiger partial charge in [0.05, 0.1) is 6.61 Å². The van der Waals surface area contributed by atoms with Crippen LogP contribution >= 0.6 is 11.8 Å². The van der Waals surface area contributed by atoms with Gasteiger partial charge in [-0.25, -0.2) is 4.79 Å². The van der Waals surface area contributed by atoms with Gasteiger partial charge in [0.2, 0.25) is 0 Å². The van der Waals surface area contributed by atoms with Crippen molar-refractivity contribution in [3.63, 3.8) is 0 Å². The van der Waals surface area contributed by atoms with E-state index in [0.717, 1.165) is 21.8 Å². The van der Waals surface area contributed by atoms with Crippen molar-refractivity contribution in [2.24, 2.45) is 0 Å². The molecule has 0 radical (unpaired) electrons. The average Bonchev–Trinajstić information content (AvgIpc) is 2.95. The maximum atomic E-state index is 11.9. The van der Waals surface area contributed by atoms with Crippen molar-refractivity contribution >= 4 is 17.9 Å². The van der Waals surface area contributed by atoms with Gasteiger partial charge in [-0.1, -0.05) is 29.5 Å². The molecule has 1 aliphatic rings. The van der Waals surface area contributed by atoms with E-state index >= 15 is 0 Å². The first kappa shape index (κ1) is 15.7. The summed E-state index contributed by atoms with van der Waals surface area (Å²) in [6.07, 6.45) is 0.435. The summed E-state index contributed by atoms with van der Waals surface area (Å²) in [5, 5.41) is 0. The van der Waals surface area contributed by atoms with E-state index < -0.39 is 6.09 Å². The number of nitrogens with zero attached hydrogens (tertiary/aromatic N) is 1.